The molecule has 78 valence electrons. The SMILES string of the molecule is CC(=O)c1ccc2nc3ccccn3c2c1. The van der Waals surface area contributed by atoms with Crippen LogP contribution in [0.25, 0.3) is 16.7 Å². The summed E-state index contributed by atoms with van der Waals surface area (Å²) in [6, 6.07) is 11.4. The van der Waals surface area contributed by atoms with Crippen molar-refractivity contribution in [3.05, 3.63) is 48.2 Å². The van der Waals surface area contributed by atoms with Gasteiger partial charge in [0, 0.05) is 11.8 Å². The van der Waals surface area contributed by atoms with Crippen LogP contribution in [0, 0.1) is 0 Å². The zero-order chi connectivity index (χ0) is 11.1. The number of nitrogens with zero attached hydrogens (tertiary/aromatic N) is 2. The monoisotopic (exact) mass is 210 g/mol. The predicted molar refractivity (Wildman–Crippen MR) is 62.7 cm³/mol. The smallest absolute Gasteiger partial charge is 0.159 e. The first-order chi connectivity index (χ1) is 7.75. The highest BCUT2D eigenvalue weighted by Gasteiger charge is 2.06. The zero-order valence-electron chi connectivity index (χ0n) is 8.84. The van der Waals surface area contributed by atoms with Gasteiger partial charge in [0.1, 0.15) is 5.65 Å². The topological polar surface area (TPSA) is 34.4 Å². The molecule has 1 aromatic carbocycles. The third-order valence-electron chi connectivity index (χ3n) is 2.71. The second kappa shape index (κ2) is 3.17. The lowest BCUT2D eigenvalue weighted by molar-refractivity contribution is 0.101. The fourth-order valence-corrected chi connectivity index (χ4v) is 1.88. The van der Waals surface area contributed by atoms with Gasteiger partial charge >= 0.3 is 0 Å². The lowest BCUT2D eigenvalue weighted by Gasteiger charge is -1.96. The first kappa shape index (κ1) is 9.09. The fraction of sp³-hybridized carbons (Fsp3) is 0.0769. The molecule has 3 aromatic rings. The summed E-state index contributed by atoms with van der Waals surface area (Å²) in [6.07, 6.45) is 1.95. The standard InChI is InChI=1S/C13H10N2O/c1-9(16)10-5-6-11-12(8-10)15-7-3-2-4-13(15)14-11/h2-8H,1H3. The summed E-state index contributed by atoms with van der Waals surface area (Å²) in [5.41, 5.74) is 3.51. The van der Waals surface area contributed by atoms with Crippen molar-refractivity contribution in [3.8, 4) is 0 Å². The molecule has 0 saturated carbocycles. The molecule has 0 radical (unpaired) electrons. The van der Waals surface area contributed by atoms with Crippen molar-refractivity contribution in [3.63, 3.8) is 0 Å². The van der Waals surface area contributed by atoms with Gasteiger partial charge in [-0.25, -0.2) is 4.98 Å². The number of ketones is 1. The number of carbonyl (C=O) groups is 1. The minimum atomic E-state index is 0.0766. The van der Waals surface area contributed by atoms with E-state index in [1.165, 1.54) is 0 Å². The number of pyridine rings is 1. The molecule has 0 aliphatic heterocycles. The minimum Gasteiger partial charge on any atom is -0.300 e. The van der Waals surface area contributed by atoms with Crippen LogP contribution in [-0.2, 0) is 0 Å². The van der Waals surface area contributed by atoms with E-state index in [9.17, 15) is 4.79 Å². The molecule has 0 bridgehead atoms. The Labute approximate surface area is 92.3 Å². The number of imidazole rings is 1. The Balaban J connectivity index is 2.44. The molecule has 3 nitrogen and oxygen atoms in total. The summed E-state index contributed by atoms with van der Waals surface area (Å²) >= 11 is 0. The van der Waals surface area contributed by atoms with Crippen LogP contribution in [0.4, 0.5) is 0 Å². The van der Waals surface area contributed by atoms with E-state index in [4.69, 9.17) is 0 Å². The Bertz CT molecular complexity index is 697. The van der Waals surface area contributed by atoms with Gasteiger partial charge in [-0.1, -0.05) is 6.07 Å². The predicted octanol–water partition coefficient (Wildman–Crippen LogP) is 2.69. The highest BCUT2D eigenvalue weighted by molar-refractivity contribution is 5.97. The van der Waals surface area contributed by atoms with Crippen LogP contribution in [0.5, 0.6) is 0 Å². The molecular formula is C13H10N2O. The van der Waals surface area contributed by atoms with Gasteiger partial charge in [0.2, 0.25) is 0 Å². The van der Waals surface area contributed by atoms with Crippen molar-refractivity contribution < 1.29 is 4.79 Å². The highest BCUT2D eigenvalue weighted by Crippen LogP contribution is 2.18. The van der Waals surface area contributed by atoms with Crippen LogP contribution in [0.3, 0.4) is 0 Å². The summed E-state index contributed by atoms with van der Waals surface area (Å²) in [5.74, 6) is 0.0766. The van der Waals surface area contributed by atoms with Gasteiger partial charge in [-0.2, -0.15) is 0 Å². The molecular weight excluding hydrogens is 200 g/mol. The number of carbonyl (C=O) groups excluding carboxylic acids is 1. The third-order valence-corrected chi connectivity index (χ3v) is 2.71. The van der Waals surface area contributed by atoms with Crippen molar-refractivity contribution in [2.24, 2.45) is 0 Å². The number of hydrogen-bond acceptors (Lipinski definition) is 2. The molecule has 0 atom stereocenters. The number of benzene rings is 1. The number of aromatic nitrogens is 2. The molecule has 0 saturated heterocycles. The van der Waals surface area contributed by atoms with Crippen molar-refractivity contribution in [2.45, 2.75) is 6.92 Å². The zero-order valence-corrected chi connectivity index (χ0v) is 8.84. The van der Waals surface area contributed by atoms with Crippen LogP contribution < -0.4 is 0 Å². The molecule has 3 rings (SSSR count). The van der Waals surface area contributed by atoms with Gasteiger partial charge in [0.15, 0.2) is 5.78 Å². The van der Waals surface area contributed by atoms with Crippen LogP contribution >= 0.6 is 0 Å². The van der Waals surface area contributed by atoms with E-state index in [2.05, 4.69) is 4.98 Å². The Morgan fingerprint density at radius 3 is 2.94 bits per heavy atom. The number of rotatable bonds is 1. The Kier molecular flexibility index (Phi) is 1.80. The van der Waals surface area contributed by atoms with Crippen LogP contribution in [-0.4, -0.2) is 15.2 Å². The van der Waals surface area contributed by atoms with E-state index in [0.717, 1.165) is 22.2 Å². The molecule has 3 heteroatoms. The van der Waals surface area contributed by atoms with Gasteiger partial charge in [0.05, 0.1) is 11.0 Å². The largest absolute Gasteiger partial charge is 0.300 e. The van der Waals surface area contributed by atoms with Crippen LogP contribution in [0.15, 0.2) is 42.6 Å². The molecule has 2 aromatic heterocycles. The second-order valence-electron chi connectivity index (χ2n) is 3.80. The molecule has 0 unspecified atom stereocenters. The summed E-state index contributed by atoms with van der Waals surface area (Å²) in [7, 11) is 0. The van der Waals surface area contributed by atoms with Gasteiger partial charge in [-0.05, 0) is 37.3 Å². The molecule has 0 spiro atoms. The Morgan fingerprint density at radius 2 is 2.12 bits per heavy atom. The van der Waals surface area contributed by atoms with E-state index in [1.54, 1.807) is 6.92 Å². The first-order valence-electron chi connectivity index (χ1n) is 5.13. The number of fused-ring (bicyclic) bond motifs is 3. The molecule has 2 heterocycles. The minimum absolute atomic E-state index is 0.0766. The van der Waals surface area contributed by atoms with Gasteiger partial charge in [-0.3, -0.25) is 9.20 Å². The van der Waals surface area contributed by atoms with Crippen LogP contribution in [0.1, 0.15) is 17.3 Å². The summed E-state index contributed by atoms with van der Waals surface area (Å²) in [5, 5.41) is 0. The van der Waals surface area contributed by atoms with E-state index in [0.29, 0.717) is 0 Å². The fourth-order valence-electron chi connectivity index (χ4n) is 1.88. The summed E-state index contributed by atoms with van der Waals surface area (Å²) < 4.78 is 1.99. The maximum absolute atomic E-state index is 11.3. The summed E-state index contributed by atoms with van der Waals surface area (Å²) in [4.78, 5) is 15.8. The van der Waals surface area contributed by atoms with Crippen molar-refractivity contribution in [1.29, 1.82) is 0 Å². The van der Waals surface area contributed by atoms with Crippen molar-refractivity contribution in [1.82, 2.24) is 9.38 Å². The highest BCUT2D eigenvalue weighted by atomic mass is 16.1. The maximum atomic E-state index is 11.3. The van der Waals surface area contributed by atoms with Gasteiger partial charge in [-0.15, -0.1) is 0 Å². The molecule has 0 amide bonds. The first-order valence-corrected chi connectivity index (χ1v) is 5.13. The number of hydrogen-bond donors (Lipinski definition) is 0. The van der Waals surface area contributed by atoms with Crippen molar-refractivity contribution in [2.75, 3.05) is 0 Å². The third kappa shape index (κ3) is 1.21. The Morgan fingerprint density at radius 1 is 1.25 bits per heavy atom. The summed E-state index contributed by atoms with van der Waals surface area (Å²) in [6.45, 7) is 1.57. The van der Waals surface area contributed by atoms with Crippen molar-refractivity contribution >= 4 is 22.5 Å². The van der Waals surface area contributed by atoms with Crippen LogP contribution in [0.2, 0.25) is 0 Å². The average molecular weight is 210 g/mol. The Hall–Kier alpha value is -2.16. The van der Waals surface area contributed by atoms with E-state index >= 15 is 0 Å². The lowest BCUT2D eigenvalue weighted by Crippen LogP contribution is -1.91. The average Bonchev–Trinajstić information content (AvgIpc) is 2.66. The van der Waals surface area contributed by atoms with Gasteiger partial charge in [0.25, 0.3) is 0 Å². The van der Waals surface area contributed by atoms with Gasteiger partial charge < -0.3 is 0 Å². The maximum Gasteiger partial charge on any atom is 0.159 e. The molecule has 0 fully saturated rings. The normalized spacial score (nSPS) is 11.1. The molecule has 0 N–H and O–H groups in total. The lowest BCUT2D eigenvalue weighted by atomic mass is 10.1. The molecule has 0 aliphatic carbocycles. The molecule has 16 heavy (non-hydrogen) atoms. The van der Waals surface area contributed by atoms with E-state index in [1.807, 2.05) is 47.0 Å². The second-order valence-corrected chi connectivity index (χ2v) is 3.80. The van der Waals surface area contributed by atoms with E-state index in [-0.39, 0.29) is 5.78 Å². The molecule has 0 aliphatic rings. The quantitative estimate of drug-likeness (QED) is 0.579. The number of Topliss-reactive ketones (excluding diaryl/α,β-unsaturated/α-hetero) is 1. The van der Waals surface area contributed by atoms with E-state index < -0.39 is 0 Å².